The SMILES string of the molecule is CCc1ccc(NC(=O)C(C)(C)CN)cc1. The molecule has 3 N–H and O–H groups in total. The van der Waals surface area contributed by atoms with Crippen LogP contribution in [0, 0.1) is 5.41 Å². The van der Waals surface area contributed by atoms with E-state index in [0.717, 1.165) is 12.1 Å². The Kier molecular flexibility index (Phi) is 4.07. The van der Waals surface area contributed by atoms with Crippen LogP contribution < -0.4 is 11.1 Å². The van der Waals surface area contributed by atoms with Crippen LogP contribution in [0.1, 0.15) is 26.3 Å². The Labute approximate surface area is 97.0 Å². The molecule has 0 fully saturated rings. The van der Waals surface area contributed by atoms with Gasteiger partial charge in [0.15, 0.2) is 0 Å². The summed E-state index contributed by atoms with van der Waals surface area (Å²) in [5.41, 5.74) is 7.10. The second kappa shape index (κ2) is 5.12. The minimum Gasteiger partial charge on any atom is -0.329 e. The molecule has 3 heteroatoms. The van der Waals surface area contributed by atoms with Gasteiger partial charge >= 0.3 is 0 Å². The molecule has 1 aromatic rings. The standard InChI is InChI=1S/C13H20N2O/c1-4-10-5-7-11(8-6-10)15-12(16)13(2,3)9-14/h5-8H,4,9,14H2,1-3H3,(H,15,16). The minimum atomic E-state index is -0.524. The molecule has 1 aromatic carbocycles. The number of anilines is 1. The van der Waals surface area contributed by atoms with Crippen molar-refractivity contribution in [2.45, 2.75) is 27.2 Å². The summed E-state index contributed by atoms with van der Waals surface area (Å²) < 4.78 is 0. The Hall–Kier alpha value is -1.35. The number of amides is 1. The first-order valence-electron chi connectivity index (χ1n) is 5.60. The highest BCUT2D eigenvalue weighted by molar-refractivity contribution is 5.94. The molecule has 0 unspecified atom stereocenters. The van der Waals surface area contributed by atoms with Crippen molar-refractivity contribution in [1.29, 1.82) is 0 Å². The Morgan fingerprint density at radius 1 is 1.31 bits per heavy atom. The molecule has 0 saturated heterocycles. The lowest BCUT2D eigenvalue weighted by molar-refractivity contribution is -0.123. The Balaban J connectivity index is 2.70. The van der Waals surface area contributed by atoms with Crippen LogP contribution in [0.3, 0.4) is 0 Å². The van der Waals surface area contributed by atoms with Crippen molar-refractivity contribution in [3.05, 3.63) is 29.8 Å². The zero-order valence-electron chi connectivity index (χ0n) is 10.2. The molecular weight excluding hydrogens is 200 g/mol. The fraction of sp³-hybridized carbons (Fsp3) is 0.462. The minimum absolute atomic E-state index is 0.0424. The Morgan fingerprint density at radius 2 is 1.88 bits per heavy atom. The fourth-order valence-electron chi connectivity index (χ4n) is 1.22. The predicted molar refractivity (Wildman–Crippen MR) is 67.3 cm³/mol. The van der Waals surface area contributed by atoms with Gasteiger partial charge in [-0.05, 0) is 38.0 Å². The topological polar surface area (TPSA) is 55.1 Å². The highest BCUT2D eigenvalue weighted by Crippen LogP contribution is 2.17. The van der Waals surface area contributed by atoms with Crippen molar-refractivity contribution < 1.29 is 4.79 Å². The molecule has 0 atom stereocenters. The van der Waals surface area contributed by atoms with E-state index in [1.807, 2.05) is 38.1 Å². The smallest absolute Gasteiger partial charge is 0.231 e. The lowest BCUT2D eigenvalue weighted by Crippen LogP contribution is -2.37. The molecule has 0 radical (unpaired) electrons. The van der Waals surface area contributed by atoms with E-state index in [4.69, 9.17) is 5.73 Å². The number of aryl methyl sites for hydroxylation is 1. The maximum atomic E-state index is 11.8. The van der Waals surface area contributed by atoms with E-state index in [1.165, 1.54) is 5.56 Å². The first kappa shape index (κ1) is 12.7. The van der Waals surface area contributed by atoms with E-state index in [1.54, 1.807) is 0 Å². The van der Waals surface area contributed by atoms with Gasteiger partial charge in [0, 0.05) is 12.2 Å². The van der Waals surface area contributed by atoms with Crippen LogP contribution in [0.4, 0.5) is 5.69 Å². The highest BCUT2D eigenvalue weighted by Gasteiger charge is 2.25. The van der Waals surface area contributed by atoms with E-state index in [9.17, 15) is 4.79 Å². The van der Waals surface area contributed by atoms with E-state index in [2.05, 4.69) is 12.2 Å². The van der Waals surface area contributed by atoms with Crippen LogP contribution in [0.25, 0.3) is 0 Å². The van der Waals surface area contributed by atoms with E-state index < -0.39 is 5.41 Å². The molecule has 3 nitrogen and oxygen atoms in total. The van der Waals surface area contributed by atoms with Crippen LogP contribution in [0.5, 0.6) is 0 Å². The molecule has 0 spiro atoms. The van der Waals surface area contributed by atoms with Gasteiger partial charge in [0.1, 0.15) is 0 Å². The van der Waals surface area contributed by atoms with Crippen LogP contribution in [0.15, 0.2) is 24.3 Å². The third-order valence-electron chi connectivity index (χ3n) is 2.75. The normalized spacial score (nSPS) is 11.2. The summed E-state index contributed by atoms with van der Waals surface area (Å²) >= 11 is 0. The number of carbonyl (C=O) groups excluding carboxylic acids is 1. The zero-order valence-corrected chi connectivity index (χ0v) is 10.2. The van der Waals surface area contributed by atoms with Gasteiger partial charge in [-0.3, -0.25) is 4.79 Å². The van der Waals surface area contributed by atoms with Crippen molar-refractivity contribution in [1.82, 2.24) is 0 Å². The Bertz CT molecular complexity index is 355. The molecule has 0 aliphatic rings. The maximum absolute atomic E-state index is 11.8. The number of nitrogens with one attached hydrogen (secondary N) is 1. The molecular formula is C13H20N2O. The van der Waals surface area contributed by atoms with Crippen LogP contribution >= 0.6 is 0 Å². The summed E-state index contributed by atoms with van der Waals surface area (Å²) in [7, 11) is 0. The molecule has 0 aromatic heterocycles. The van der Waals surface area contributed by atoms with Crippen LogP contribution in [-0.2, 0) is 11.2 Å². The second-order valence-electron chi connectivity index (χ2n) is 4.59. The van der Waals surface area contributed by atoms with E-state index in [0.29, 0.717) is 6.54 Å². The molecule has 0 bridgehead atoms. The predicted octanol–water partition coefficient (Wildman–Crippen LogP) is 2.17. The number of hydrogen-bond donors (Lipinski definition) is 2. The average molecular weight is 220 g/mol. The third-order valence-corrected chi connectivity index (χ3v) is 2.75. The Morgan fingerprint density at radius 3 is 2.31 bits per heavy atom. The lowest BCUT2D eigenvalue weighted by atomic mass is 9.92. The van der Waals surface area contributed by atoms with Gasteiger partial charge in [-0.15, -0.1) is 0 Å². The number of carbonyl (C=O) groups is 1. The van der Waals surface area contributed by atoms with Crippen LogP contribution in [0.2, 0.25) is 0 Å². The summed E-state index contributed by atoms with van der Waals surface area (Å²) in [6.45, 7) is 6.11. The van der Waals surface area contributed by atoms with Gasteiger partial charge in [0.05, 0.1) is 5.41 Å². The molecule has 0 saturated carbocycles. The van der Waals surface area contributed by atoms with Crippen molar-refractivity contribution >= 4 is 11.6 Å². The van der Waals surface area contributed by atoms with Gasteiger partial charge in [0.25, 0.3) is 0 Å². The third kappa shape index (κ3) is 3.07. The van der Waals surface area contributed by atoms with Crippen molar-refractivity contribution in [3.63, 3.8) is 0 Å². The molecule has 0 heterocycles. The van der Waals surface area contributed by atoms with Crippen molar-refractivity contribution in [2.75, 3.05) is 11.9 Å². The van der Waals surface area contributed by atoms with Crippen molar-refractivity contribution in [2.24, 2.45) is 11.1 Å². The van der Waals surface area contributed by atoms with E-state index in [-0.39, 0.29) is 5.91 Å². The second-order valence-corrected chi connectivity index (χ2v) is 4.59. The van der Waals surface area contributed by atoms with Crippen LogP contribution in [-0.4, -0.2) is 12.5 Å². The maximum Gasteiger partial charge on any atom is 0.231 e. The first-order valence-corrected chi connectivity index (χ1v) is 5.60. The van der Waals surface area contributed by atoms with Gasteiger partial charge in [-0.2, -0.15) is 0 Å². The summed E-state index contributed by atoms with van der Waals surface area (Å²) in [4.78, 5) is 11.8. The molecule has 0 aliphatic carbocycles. The highest BCUT2D eigenvalue weighted by atomic mass is 16.2. The molecule has 88 valence electrons. The van der Waals surface area contributed by atoms with Gasteiger partial charge in [0.2, 0.25) is 5.91 Å². The molecule has 1 rings (SSSR count). The summed E-state index contributed by atoms with van der Waals surface area (Å²) in [6.07, 6.45) is 1.00. The summed E-state index contributed by atoms with van der Waals surface area (Å²) in [6, 6.07) is 7.88. The van der Waals surface area contributed by atoms with Gasteiger partial charge < -0.3 is 11.1 Å². The van der Waals surface area contributed by atoms with Crippen molar-refractivity contribution in [3.8, 4) is 0 Å². The quantitative estimate of drug-likeness (QED) is 0.817. The largest absolute Gasteiger partial charge is 0.329 e. The summed E-state index contributed by atoms with van der Waals surface area (Å²) in [5.74, 6) is -0.0424. The molecule has 0 aliphatic heterocycles. The molecule has 16 heavy (non-hydrogen) atoms. The average Bonchev–Trinajstić information content (AvgIpc) is 2.30. The lowest BCUT2D eigenvalue weighted by Gasteiger charge is -2.21. The molecule has 1 amide bonds. The monoisotopic (exact) mass is 220 g/mol. The van der Waals surface area contributed by atoms with E-state index >= 15 is 0 Å². The number of benzene rings is 1. The first-order chi connectivity index (χ1) is 7.49. The number of nitrogens with two attached hydrogens (primary N) is 1. The van der Waals surface area contributed by atoms with Gasteiger partial charge in [-0.1, -0.05) is 19.1 Å². The fourth-order valence-corrected chi connectivity index (χ4v) is 1.22. The zero-order chi connectivity index (χ0) is 12.2. The van der Waals surface area contributed by atoms with Gasteiger partial charge in [-0.25, -0.2) is 0 Å². The number of hydrogen-bond acceptors (Lipinski definition) is 2. The summed E-state index contributed by atoms with van der Waals surface area (Å²) in [5, 5.41) is 2.87. The number of rotatable bonds is 4.